The molecule has 0 spiro atoms. The number of carboxylic acids is 1. The van der Waals surface area contributed by atoms with Crippen LogP contribution < -0.4 is 0 Å². The molecule has 0 unspecified atom stereocenters. The van der Waals surface area contributed by atoms with Gasteiger partial charge in [0.2, 0.25) is 0 Å². The van der Waals surface area contributed by atoms with Gasteiger partial charge >= 0.3 is 5.97 Å². The molecule has 0 atom stereocenters. The third kappa shape index (κ3) is 3.13. The normalized spacial score (nSPS) is 11.1. The SMILES string of the molecule is O=C(O)c1ccc2ccc(C=Cc3ccc(O)c(O)c3)nc2c1. The minimum absolute atomic E-state index is 0.174. The topological polar surface area (TPSA) is 90.7 Å². The van der Waals surface area contributed by atoms with Crippen molar-refractivity contribution < 1.29 is 20.1 Å². The number of hydrogen-bond acceptors (Lipinski definition) is 4. The summed E-state index contributed by atoms with van der Waals surface area (Å²) >= 11 is 0. The van der Waals surface area contributed by atoms with Gasteiger partial charge in [-0.05, 0) is 42.0 Å². The lowest BCUT2D eigenvalue weighted by atomic mass is 10.1. The molecule has 23 heavy (non-hydrogen) atoms. The number of phenolic OH excluding ortho intramolecular Hbond substituents is 2. The van der Waals surface area contributed by atoms with Gasteiger partial charge in [-0.25, -0.2) is 9.78 Å². The number of aromatic nitrogens is 1. The lowest BCUT2D eigenvalue weighted by Crippen LogP contribution is -1.96. The third-order valence-electron chi connectivity index (χ3n) is 3.41. The fraction of sp³-hybridized carbons (Fsp3) is 0. The van der Waals surface area contributed by atoms with Crippen molar-refractivity contribution >= 4 is 29.0 Å². The first-order valence-corrected chi connectivity index (χ1v) is 6.87. The van der Waals surface area contributed by atoms with Crippen LogP contribution in [0.1, 0.15) is 21.6 Å². The third-order valence-corrected chi connectivity index (χ3v) is 3.41. The molecule has 0 radical (unpaired) electrons. The van der Waals surface area contributed by atoms with E-state index in [9.17, 15) is 15.0 Å². The first kappa shape index (κ1) is 14.6. The summed E-state index contributed by atoms with van der Waals surface area (Å²) in [4.78, 5) is 15.4. The van der Waals surface area contributed by atoms with Crippen LogP contribution in [0.25, 0.3) is 23.1 Å². The summed E-state index contributed by atoms with van der Waals surface area (Å²) in [7, 11) is 0. The molecule has 1 heterocycles. The zero-order valence-corrected chi connectivity index (χ0v) is 12.0. The lowest BCUT2D eigenvalue weighted by molar-refractivity contribution is 0.0697. The van der Waals surface area contributed by atoms with Crippen LogP contribution in [0.2, 0.25) is 0 Å². The number of benzene rings is 2. The van der Waals surface area contributed by atoms with E-state index in [1.54, 1.807) is 30.4 Å². The van der Waals surface area contributed by atoms with Gasteiger partial charge in [-0.1, -0.05) is 24.3 Å². The maximum atomic E-state index is 11.0. The van der Waals surface area contributed by atoms with E-state index in [1.807, 2.05) is 12.1 Å². The Morgan fingerprint density at radius 1 is 0.913 bits per heavy atom. The Kier molecular flexibility index (Phi) is 3.68. The van der Waals surface area contributed by atoms with Crippen LogP contribution in [0, 0.1) is 0 Å². The van der Waals surface area contributed by atoms with Gasteiger partial charge in [-0.15, -0.1) is 0 Å². The van der Waals surface area contributed by atoms with Crippen LogP contribution in [0.4, 0.5) is 0 Å². The number of fused-ring (bicyclic) bond motifs is 1. The van der Waals surface area contributed by atoms with E-state index in [0.29, 0.717) is 16.8 Å². The molecule has 3 aromatic rings. The molecule has 0 amide bonds. The van der Waals surface area contributed by atoms with Crippen molar-refractivity contribution in [3.8, 4) is 11.5 Å². The molecule has 0 fully saturated rings. The maximum absolute atomic E-state index is 11.0. The average Bonchev–Trinajstić information content (AvgIpc) is 2.55. The van der Waals surface area contributed by atoms with Gasteiger partial charge in [0.05, 0.1) is 16.8 Å². The molecular weight excluding hydrogens is 294 g/mol. The molecule has 0 saturated carbocycles. The molecule has 0 aliphatic carbocycles. The molecule has 0 aliphatic rings. The Bertz CT molecular complexity index is 931. The second kappa shape index (κ2) is 5.81. The number of rotatable bonds is 3. The van der Waals surface area contributed by atoms with E-state index >= 15 is 0 Å². The average molecular weight is 307 g/mol. The van der Waals surface area contributed by atoms with Gasteiger partial charge in [0.15, 0.2) is 11.5 Å². The second-order valence-corrected chi connectivity index (χ2v) is 5.03. The van der Waals surface area contributed by atoms with E-state index in [2.05, 4.69) is 4.98 Å². The van der Waals surface area contributed by atoms with Crippen molar-refractivity contribution in [2.75, 3.05) is 0 Å². The monoisotopic (exact) mass is 307 g/mol. The highest BCUT2D eigenvalue weighted by molar-refractivity contribution is 5.93. The molecule has 114 valence electrons. The Labute approximate surface area is 131 Å². The first-order valence-electron chi connectivity index (χ1n) is 6.87. The highest BCUT2D eigenvalue weighted by atomic mass is 16.4. The van der Waals surface area contributed by atoms with Gasteiger partial charge in [-0.2, -0.15) is 0 Å². The van der Waals surface area contributed by atoms with Crippen molar-refractivity contribution in [1.29, 1.82) is 0 Å². The Hall–Kier alpha value is -3.34. The highest BCUT2D eigenvalue weighted by Gasteiger charge is 2.04. The number of carboxylic acid groups (broad SMARTS) is 1. The zero-order chi connectivity index (χ0) is 16.4. The van der Waals surface area contributed by atoms with Crippen molar-refractivity contribution in [2.45, 2.75) is 0 Å². The second-order valence-electron chi connectivity index (χ2n) is 5.03. The van der Waals surface area contributed by atoms with Gasteiger partial charge in [0.1, 0.15) is 0 Å². The highest BCUT2D eigenvalue weighted by Crippen LogP contribution is 2.25. The van der Waals surface area contributed by atoms with E-state index in [-0.39, 0.29) is 17.1 Å². The summed E-state index contributed by atoms with van der Waals surface area (Å²) in [5, 5.41) is 28.6. The molecule has 5 heteroatoms. The van der Waals surface area contributed by atoms with Crippen molar-refractivity contribution in [2.24, 2.45) is 0 Å². The van der Waals surface area contributed by atoms with Crippen molar-refractivity contribution in [3.05, 3.63) is 65.4 Å². The smallest absolute Gasteiger partial charge is 0.335 e. The van der Waals surface area contributed by atoms with E-state index in [4.69, 9.17) is 5.11 Å². The quantitative estimate of drug-likeness (QED) is 0.644. The largest absolute Gasteiger partial charge is 0.504 e. The summed E-state index contributed by atoms with van der Waals surface area (Å²) in [6.45, 7) is 0. The van der Waals surface area contributed by atoms with Crippen LogP contribution in [0.5, 0.6) is 11.5 Å². The molecular formula is C18H13NO4. The van der Waals surface area contributed by atoms with E-state index in [1.165, 1.54) is 18.2 Å². The Morgan fingerprint density at radius 3 is 2.43 bits per heavy atom. The Morgan fingerprint density at radius 2 is 1.70 bits per heavy atom. The fourth-order valence-corrected chi connectivity index (χ4v) is 2.18. The summed E-state index contributed by atoms with van der Waals surface area (Å²) in [5.74, 6) is -1.36. The van der Waals surface area contributed by atoms with Crippen molar-refractivity contribution in [1.82, 2.24) is 4.98 Å². The Balaban J connectivity index is 1.94. The molecule has 1 aromatic heterocycles. The van der Waals surface area contributed by atoms with E-state index in [0.717, 1.165) is 5.39 Å². The van der Waals surface area contributed by atoms with Crippen LogP contribution >= 0.6 is 0 Å². The number of phenols is 2. The van der Waals surface area contributed by atoms with Gasteiger partial charge in [-0.3, -0.25) is 0 Å². The predicted octanol–water partition coefficient (Wildman–Crippen LogP) is 3.51. The first-order chi connectivity index (χ1) is 11.0. The lowest BCUT2D eigenvalue weighted by Gasteiger charge is -2.01. The van der Waals surface area contributed by atoms with Gasteiger partial charge in [0, 0.05) is 5.39 Å². The van der Waals surface area contributed by atoms with Gasteiger partial charge in [0.25, 0.3) is 0 Å². The van der Waals surface area contributed by atoms with Crippen LogP contribution in [-0.2, 0) is 0 Å². The van der Waals surface area contributed by atoms with Crippen LogP contribution in [-0.4, -0.2) is 26.3 Å². The molecule has 3 N–H and O–H groups in total. The van der Waals surface area contributed by atoms with Crippen LogP contribution in [0.15, 0.2) is 48.5 Å². The maximum Gasteiger partial charge on any atom is 0.335 e. The standard InChI is InChI=1S/C18H13NO4/c20-16-8-2-11(9-17(16)21)1-6-14-7-5-12-3-4-13(18(22)23)10-15(12)19-14/h1-10,20-21H,(H,22,23). The minimum Gasteiger partial charge on any atom is -0.504 e. The summed E-state index contributed by atoms with van der Waals surface area (Å²) in [6, 6.07) is 13.0. The predicted molar refractivity (Wildman–Crippen MR) is 87.4 cm³/mol. The number of carbonyl (C=O) groups is 1. The number of nitrogens with zero attached hydrogens (tertiary/aromatic N) is 1. The molecule has 5 nitrogen and oxygen atoms in total. The van der Waals surface area contributed by atoms with Gasteiger partial charge < -0.3 is 15.3 Å². The minimum atomic E-state index is -0.991. The summed E-state index contributed by atoms with van der Waals surface area (Å²) in [6.07, 6.45) is 3.49. The molecule has 0 aliphatic heterocycles. The van der Waals surface area contributed by atoms with E-state index < -0.39 is 5.97 Å². The molecule has 3 rings (SSSR count). The number of pyridine rings is 1. The number of aromatic carboxylic acids is 1. The van der Waals surface area contributed by atoms with Crippen LogP contribution in [0.3, 0.4) is 0 Å². The molecule has 0 saturated heterocycles. The number of aromatic hydroxyl groups is 2. The summed E-state index contributed by atoms with van der Waals surface area (Å²) < 4.78 is 0. The zero-order valence-electron chi connectivity index (χ0n) is 12.0. The van der Waals surface area contributed by atoms with Crippen molar-refractivity contribution in [3.63, 3.8) is 0 Å². The molecule has 2 aromatic carbocycles. The number of hydrogen-bond donors (Lipinski definition) is 3. The molecule has 0 bridgehead atoms. The fourth-order valence-electron chi connectivity index (χ4n) is 2.18. The summed E-state index contributed by atoms with van der Waals surface area (Å²) in [5.41, 5.74) is 2.16.